The lowest BCUT2D eigenvalue weighted by Gasteiger charge is -2.15. The number of nitrogens with zero attached hydrogens (tertiary/aromatic N) is 3. The predicted molar refractivity (Wildman–Crippen MR) is 119 cm³/mol. The molecule has 6 nitrogen and oxygen atoms in total. The molecule has 0 saturated heterocycles. The van der Waals surface area contributed by atoms with E-state index in [0.29, 0.717) is 13.1 Å². The molecule has 26 heavy (non-hydrogen) atoms. The second-order valence-electron chi connectivity index (χ2n) is 6.01. The van der Waals surface area contributed by atoms with Crippen molar-refractivity contribution in [2.75, 3.05) is 33.2 Å². The van der Waals surface area contributed by atoms with Gasteiger partial charge in [0.1, 0.15) is 11.6 Å². The fraction of sp³-hybridized carbons (Fsp3) is 0.368. The number of aromatic nitrogens is 1. The SMILES string of the molecule is CN=C(NCc1ccnc(N(C)C)c1)NCc1ccc(C)cc1OC.I. The molecule has 0 spiro atoms. The quantitative estimate of drug-likeness (QED) is 0.387. The molecule has 1 aromatic heterocycles. The minimum absolute atomic E-state index is 0. The Bertz CT molecular complexity index is 734. The number of hydrogen-bond acceptors (Lipinski definition) is 4. The van der Waals surface area contributed by atoms with Crippen LogP contribution in [-0.2, 0) is 13.1 Å². The van der Waals surface area contributed by atoms with Crippen molar-refractivity contribution in [1.82, 2.24) is 15.6 Å². The molecule has 2 rings (SSSR count). The van der Waals surface area contributed by atoms with Crippen molar-refractivity contribution in [2.45, 2.75) is 20.0 Å². The van der Waals surface area contributed by atoms with Gasteiger partial charge in [0.15, 0.2) is 5.96 Å². The second kappa shape index (κ2) is 10.8. The summed E-state index contributed by atoms with van der Waals surface area (Å²) in [4.78, 5) is 10.6. The summed E-state index contributed by atoms with van der Waals surface area (Å²) in [5.41, 5.74) is 3.42. The molecular weight excluding hydrogens is 441 g/mol. The fourth-order valence-electron chi connectivity index (χ4n) is 2.40. The van der Waals surface area contributed by atoms with Crippen molar-refractivity contribution in [3.8, 4) is 5.75 Å². The minimum atomic E-state index is 0. The number of pyridine rings is 1. The van der Waals surface area contributed by atoms with Crippen molar-refractivity contribution in [3.63, 3.8) is 0 Å². The zero-order valence-electron chi connectivity index (χ0n) is 16.0. The average Bonchev–Trinajstić information content (AvgIpc) is 2.62. The van der Waals surface area contributed by atoms with Crippen LogP contribution >= 0.6 is 24.0 Å². The highest BCUT2D eigenvalue weighted by atomic mass is 127. The van der Waals surface area contributed by atoms with E-state index in [2.05, 4.69) is 45.7 Å². The highest BCUT2D eigenvalue weighted by Crippen LogP contribution is 2.19. The fourth-order valence-corrected chi connectivity index (χ4v) is 2.40. The van der Waals surface area contributed by atoms with E-state index in [0.717, 1.165) is 28.7 Å². The van der Waals surface area contributed by atoms with Crippen molar-refractivity contribution in [2.24, 2.45) is 4.99 Å². The van der Waals surface area contributed by atoms with Crippen LogP contribution < -0.4 is 20.3 Å². The van der Waals surface area contributed by atoms with E-state index in [-0.39, 0.29) is 24.0 Å². The Morgan fingerprint density at radius 1 is 1.15 bits per heavy atom. The third kappa shape index (κ3) is 6.36. The summed E-state index contributed by atoms with van der Waals surface area (Å²) in [7, 11) is 7.42. The van der Waals surface area contributed by atoms with Gasteiger partial charge in [-0.1, -0.05) is 12.1 Å². The Balaban J connectivity index is 0.00000338. The van der Waals surface area contributed by atoms with Gasteiger partial charge in [-0.15, -0.1) is 24.0 Å². The Kier molecular flexibility index (Phi) is 9.18. The van der Waals surface area contributed by atoms with E-state index in [1.165, 1.54) is 5.56 Å². The van der Waals surface area contributed by atoms with Gasteiger partial charge in [-0.2, -0.15) is 0 Å². The highest BCUT2D eigenvalue weighted by molar-refractivity contribution is 14.0. The number of anilines is 1. The molecule has 1 aromatic carbocycles. The van der Waals surface area contributed by atoms with Crippen molar-refractivity contribution in [3.05, 3.63) is 53.2 Å². The highest BCUT2D eigenvalue weighted by Gasteiger charge is 2.05. The van der Waals surface area contributed by atoms with E-state index >= 15 is 0 Å². The molecule has 0 saturated carbocycles. The molecule has 2 aromatic rings. The average molecular weight is 469 g/mol. The molecule has 0 atom stereocenters. The third-order valence-electron chi connectivity index (χ3n) is 3.84. The smallest absolute Gasteiger partial charge is 0.191 e. The van der Waals surface area contributed by atoms with Crippen molar-refractivity contribution in [1.29, 1.82) is 0 Å². The van der Waals surface area contributed by atoms with Crippen LogP contribution in [0.25, 0.3) is 0 Å². The Morgan fingerprint density at radius 3 is 2.54 bits per heavy atom. The summed E-state index contributed by atoms with van der Waals surface area (Å²) >= 11 is 0. The van der Waals surface area contributed by atoms with Crippen LogP contribution in [0.2, 0.25) is 0 Å². The maximum atomic E-state index is 5.45. The number of ether oxygens (including phenoxy) is 1. The van der Waals surface area contributed by atoms with Gasteiger partial charge in [0, 0.05) is 46.0 Å². The number of hydrogen-bond donors (Lipinski definition) is 2. The van der Waals surface area contributed by atoms with Gasteiger partial charge in [-0.05, 0) is 36.2 Å². The van der Waals surface area contributed by atoms with E-state index in [4.69, 9.17) is 4.74 Å². The number of methoxy groups -OCH3 is 1. The molecule has 7 heteroatoms. The molecule has 142 valence electrons. The summed E-state index contributed by atoms with van der Waals surface area (Å²) in [6.45, 7) is 3.37. The maximum Gasteiger partial charge on any atom is 0.191 e. The Hall–Kier alpha value is -2.03. The summed E-state index contributed by atoms with van der Waals surface area (Å²) in [6.07, 6.45) is 1.82. The lowest BCUT2D eigenvalue weighted by molar-refractivity contribution is 0.408. The number of nitrogens with one attached hydrogen (secondary N) is 2. The molecule has 0 aliphatic carbocycles. The van der Waals surface area contributed by atoms with Crippen LogP contribution in [0.4, 0.5) is 5.82 Å². The van der Waals surface area contributed by atoms with E-state index in [9.17, 15) is 0 Å². The number of rotatable bonds is 6. The normalized spacial score (nSPS) is 10.7. The number of halogens is 1. The van der Waals surface area contributed by atoms with E-state index in [1.54, 1.807) is 14.2 Å². The standard InChI is InChI=1S/C19H27N5O.HI/c1-14-6-7-16(17(10-14)25-5)13-23-19(20-2)22-12-15-8-9-21-18(11-15)24(3)4;/h6-11H,12-13H2,1-5H3,(H2,20,22,23);1H. The number of benzene rings is 1. The molecule has 0 aliphatic heterocycles. The van der Waals surface area contributed by atoms with Gasteiger partial charge in [-0.25, -0.2) is 4.98 Å². The van der Waals surface area contributed by atoms with Gasteiger partial charge < -0.3 is 20.3 Å². The van der Waals surface area contributed by atoms with Crippen molar-refractivity contribution >= 4 is 35.8 Å². The van der Waals surface area contributed by atoms with Gasteiger partial charge in [0.2, 0.25) is 0 Å². The monoisotopic (exact) mass is 469 g/mol. The molecule has 1 heterocycles. The lowest BCUT2D eigenvalue weighted by atomic mass is 10.1. The number of aliphatic imine (C=N–C) groups is 1. The lowest BCUT2D eigenvalue weighted by Crippen LogP contribution is -2.36. The largest absolute Gasteiger partial charge is 0.496 e. The zero-order chi connectivity index (χ0) is 18.2. The van der Waals surface area contributed by atoms with Gasteiger partial charge in [0.25, 0.3) is 0 Å². The summed E-state index contributed by atoms with van der Waals surface area (Å²) in [5.74, 6) is 2.56. The van der Waals surface area contributed by atoms with E-state index < -0.39 is 0 Å². The minimum Gasteiger partial charge on any atom is -0.496 e. The van der Waals surface area contributed by atoms with Crippen LogP contribution in [0.15, 0.2) is 41.5 Å². The predicted octanol–water partition coefficient (Wildman–Crippen LogP) is 2.95. The first-order chi connectivity index (χ1) is 12.0. The van der Waals surface area contributed by atoms with Crippen LogP contribution in [-0.4, -0.2) is 39.2 Å². The molecule has 0 bridgehead atoms. The third-order valence-corrected chi connectivity index (χ3v) is 3.84. The molecule has 0 fully saturated rings. The van der Waals surface area contributed by atoms with Crippen LogP contribution in [0, 0.1) is 6.92 Å². The second-order valence-corrected chi connectivity index (χ2v) is 6.01. The Morgan fingerprint density at radius 2 is 1.88 bits per heavy atom. The van der Waals surface area contributed by atoms with Crippen LogP contribution in [0.1, 0.15) is 16.7 Å². The summed E-state index contributed by atoms with van der Waals surface area (Å²) in [6, 6.07) is 10.2. The van der Waals surface area contributed by atoms with Gasteiger partial charge in [-0.3, -0.25) is 4.99 Å². The van der Waals surface area contributed by atoms with Crippen molar-refractivity contribution < 1.29 is 4.74 Å². The topological polar surface area (TPSA) is 61.8 Å². The first-order valence-corrected chi connectivity index (χ1v) is 8.23. The molecule has 0 unspecified atom stereocenters. The van der Waals surface area contributed by atoms with Crippen LogP contribution in [0.5, 0.6) is 5.75 Å². The zero-order valence-corrected chi connectivity index (χ0v) is 18.4. The van der Waals surface area contributed by atoms with Gasteiger partial charge in [0.05, 0.1) is 7.11 Å². The molecular formula is C19H28IN5O. The first kappa shape index (κ1) is 22.0. The molecule has 2 N–H and O–H groups in total. The molecule has 0 radical (unpaired) electrons. The summed E-state index contributed by atoms with van der Waals surface area (Å²) < 4.78 is 5.45. The first-order valence-electron chi connectivity index (χ1n) is 8.23. The molecule has 0 aliphatic rings. The maximum absolute atomic E-state index is 5.45. The number of aryl methyl sites for hydroxylation is 1. The molecule has 0 amide bonds. The van der Waals surface area contributed by atoms with E-state index in [1.807, 2.05) is 37.3 Å². The van der Waals surface area contributed by atoms with Gasteiger partial charge >= 0.3 is 0 Å². The van der Waals surface area contributed by atoms with Crippen LogP contribution in [0.3, 0.4) is 0 Å². The summed E-state index contributed by atoms with van der Waals surface area (Å²) in [5, 5.41) is 6.64. The number of guanidine groups is 1. The Labute approximate surface area is 173 Å².